The Hall–Kier alpha value is -3.30. The molecule has 33 heavy (non-hydrogen) atoms. The topological polar surface area (TPSA) is 283 Å². The number of carbonyl (C=O) groups excluding carboxylic acids is 5. The second kappa shape index (κ2) is 15.5. The fraction of sp³-hybridized carbons (Fsp3) is 0.667. The van der Waals surface area contributed by atoms with E-state index in [0.29, 0.717) is 19.4 Å². The van der Waals surface area contributed by atoms with Crippen molar-refractivity contribution in [2.45, 2.75) is 62.7 Å². The molecule has 4 unspecified atom stereocenters. The fourth-order valence-corrected chi connectivity index (χ4v) is 2.61. The molecule has 0 radical (unpaired) electrons. The summed E-state index contributed by atoms with van der Waals surface area (Å²) in [6.45, 7) is -0.530. The number of aliphatic hydroxyl groups excluding tert-OH is 1. The third kappa shape index (κ3) is 12.4. The van der Waals surface area contributed by atoms with E-state index in [4.69, 9.17) is 33.1 Å². The molecule has 15 nitrogen and oxygen atoms in total. The minimum Gasteiger partial charge on any atom is -0.480 e. The SMILES string of the molecule is NCCCCC(N)C(=O)NC(CCC(N)=O)C(=O)NC(CC(N)=O)C(=O)NC(CO)C(=O)O. The number of carboxylic acids is 1. The van der Waals surface area contributed by atoms with Gasteiger partial charge in [-0.3, -0.25) is 24.0 Å². The minimum atomic E-state index is -1.69. The highest BCUT2D eigenvalue weighted by molar-refractivity contribution is 5.96. The van der Waals surface area contributed by atoms with E-state index in [1.807, 2.05) is 5.32 Å². The molecule has 0 bridgehead atoms. The number of unbranched alkanes of at least 4 members (excludes halogenated alkanes) is 1. The largest absolute Gasteiger partial charge is 0.480 e. The number of nitrogens with two attached hydrogens (primary N) is 4. The molecule has 188 valence electrons. The van der Waals surface area contributed by atoms with E-state index in [1.54, 1.807) is 0 Å². The van der Waals surface area contributed by atoms with Crippen molar-refractivity contribution < 1.29 is 39.0 Å². The average molecular weight is 476 g/mol. The molecule has 0 aromatic heterocycles. The summed E-state index contributed by atoms with van der Waals surface area (Å²) in [5, 5.41) is 24.5. The predicted molar refractivity (Wildman–Crippen MR) is 114 cm³/mol. The number of rotatable bonds is 17. The zero-order valence-corrected chi connectivity index (χ0v) is 18.1. The average Bonchev–Trinajstić information content (AvgIpc) is 2.73. The van der Waals surface area contributed by atoms with Gasteiger partial charge in [-0.2, -0.15) is 0 Å². The fourth-order valence-electron chi connectivity index (χ4n) is 2.61. The summed E-state index contributed by atoms with van der Waals surface area (Å²) in [7, 11) is 0. The van der Waals surface area contributed by atoms with Crippen molar-refractivity contribution in [1.29, 1.82) is 0 Å². The van der Waals surface area contributed by atoms with Crippen LogP contribution in [0.2, 0.25) is 0 Å². The number of carboxylic acid groups (broad SMARTS) is 1. The molecule has 0 spiro atoms. The van der Waals surface area contributed by atoms with Crippen LogP contribution in [0.25, 0.3) is 0 Å². The van der Waals surface area contributed by atoms with E-state index in [9.17, 15) is 28.8 Å². The molecule has 4 atom stereocenters. The maximum atomic E-state index is 12.7. The van der Waals surface area contributed by atoms with Crippen LogP contribution in [0.15, 0.2) is 0 Å². The third-order valence-corrected chi connectivity index (χ3v) is 4.45. The molecule has 0 fully saturated rings. The second-order valence-electron chi connectivity index (χ2n) is 7.27. The summed E-state index contributed by atoms with van der Waals surface area (Å²) in [4.78, 5) is 70.9. The molecule has 0 heterocycles. The van der Waals surface area contributed by atoms with Crippen molar-refractivity contribution in [3.05, 3.63) is 0 Å². The summed E-state index contributed by atoms with van der Waals surface area (Å²) in [5.74, 6) is -6.07. The molecule has 0 aliphatic heterocycles. The Bertz CT molecular complexity index is 718. The van der Waals surface area contributed by atoms with Gasteiger partial charge in [0.1, 0.15) is 18.1 Å². The van der Waals surface area contributed by atoms with Crippen molar-refractivity contribution in [3.63, 3.8) is 0 Å². The van der Waals surface area contributed by atoms with E-state index in [-0.39, 0.29) is 19.3 Å². The van der Waals surface area contributed by atoms with E-state index < -0.39 is 72.7 Å². The lowest BCUT2D eigenvalue weighted by molar-refractivity contribution is -0.143. The van der Waals surface area contributed by atoms with Gasteiger partial charge < -0.3 is 49.1 Å². The minimum absolute atomic E-state index is 0.234. The summed E-state index contributed by atoms with van der Waals surface area (Å²) in [5.41, 5.74) is 21.4. The number of aliphatic hydroxyl groups is 1. The summed E-state index contributed by atoms with van der Waals surface area (Å²) >= 11 is 0. The summed E-state index contributed by atoms with van der Waals surface area (Å²) in [6, 6.07) is -5.62. The van der Waals surface area contributed by atoms with E-state index in [1.165, 1.54) is 0 Å². The molecule has 0 saturated carbocycles. The van der Waals surface area contributed by atoms with Crippen LogP contribution >= 0.6 is 0 Å². The first-order valence-electron chi connectivity index (χ1n) is 10.2. The van der Waals surface area contributed by atoms with Crippen molar-refractivity contribution in [2.75, 3.05) is 13.2 Å². The Balaban J connectivity index is 5.42. The molecule has 0 saturated heterocycles. The number of nitrogens with one attached hydrogen (secondary N) is 3. The Morgan fingerprint density at radius 1 is 0.758 bits per heavy atom. The van der Waals surface area contributed by atoms with Gasteiger partial charge in [-0.1, -0.05) is 6.42 Å². The normalized spacial score (nSPS) is 14.3. The number of hydrogen-bond acceptors (Lipinski definition) is 9. The lowest BCUT2D eigenvalue weighted by Gasteiger charge is -2.24. The third-order valence-electron chi connectivity index (χ3n) is 4.45. The van der Waals surface area contributed by atoms with E-state index >= 15 is 0 Å². The molecule has 0 aromatic carbocycles. The number of amides is 5. The molecular weight excluding hydrogens is 442 g/mol. The monoisotopic (exact) mass is 475 g/mol. The van der Waals surface area contributed by atoms with Crippen LogP contribution in [-0.4, -0.2) is 83.0 Å². The first-order chi connectivity index (χ1) is 15.4. The van der Waals surface area contributed by atoms with Crippen LogP contribution < -0.4 is 38.9 Å². The summed E-state index contributed by atoms with van der Waals surface area (Å²) < 4.78 is 0. The number of carbonyl (C=O) groups is 6. The molecular formula is C18H33N7O8. The van der Waals surface area contributed by atoms with E-state index in [0.717, 1.165) is 0 Å². The lowest BCUT2D eigenvalue weighted by Crippen LogP contribution is -2.58. The second-order valence-corrected chi connectivity index (χ2v) is 7.27. The van der Waals surface area contributed by atoms with Gasteiger partial charge in [-0.05, 0) is 25.8 Å². The quantitative estimate of drug-likeness (QED) is 0.0903. The van der Waals surface area contributed by atoms with Crippen LogP contribution in [0.4, 0.5) is 0 Å². The first-order valence-corrected chi connectivity index (χ1v) is 10.2. The van der Waals surface area contributed by atoms with Crippen molar-refractivity contribution in [2.24, 2.45) is 22.9 Å². The molecule has 15 heteroatoms. The van der Waals surface area contributed by atoms with Gasteiger partial charge in [0.05, 0.1) is 19.1 Å². The number of aliphatic carboxylic acids is 1. The van der Waals surface area contributed by atoms with Crippen LogP contribution in [-0.2, 0) is 28.8 Å². The van der Waals surface area contributed by atoms with Crippen LogP contribution in [0.3, 0.4) is 0 Å². The molecule has 13 N–H and O–H groups in total. The maximum Gasteiger partial charge on any atom is 0.328 e. The van der Waals surface area contributed by atoms with Crippen LogP contribution in [0, 0.1) is 0 Å². The van der Waals surface area contributed by atoms with Gasteiger partial charge in [0.25, 0.3) is 0 Å². The Morgan fingerprint density at radius 2 is 1.30 bits per heavy atom. The molecule has 0 rings (SSSR count). The molecule has 0 aliphatic rings. The van der Waals surface area contributed by atoms with Crippen molar-refractivity contribution in [1.82, 2.24) is 16.0 Å². The highest BCUT2D eigenvalue weighted by Gasteiger charge is 2.31. The highest BCUT2D eigenvalue weighted by atomic mass is 16.4. The summed E-state index contributed by atoms with van der Waals surface area (Å²) in [6.07, 6.45) is 0.268. The molecule has 0 aliphatic carbocycles. The number of hydrogen-bond donors (Lipinski definition) is 9. The highest BCUT2D eigenvalue weighted by Crippen LogP contribution is 2.04. The van der Waals surface area contributed by atoms with Gasteiger partial charge in [-0.25, -0.2) is 4.79 Å². The van der Waals surface area contributed by atoms with Crippen LogP contribution in [0.5, 0.6) is 0 Å². The van der Waals surface area contributed by atoms with Gasteiger partial charge in [0, 0.05) is 6.42 Å². The van der Waals surface area contributed by atoms with Crippen molar-refractivity contribution >= 4 is 35.5 Å². The Labute approximate surface area is 190 Å². The number of primary amides is 2. The maximum absolute atomic E-state index is 12.7. The smallest absolute Gasteiger partial charge is 0.328 e. The zero-order chi connectivity index (χ0) is 25.6. The van der Waals surface area contributed by atoms with E-state index in [2.05, 4.69) is 10.6 Å². The van der Waals surface area contributed by atoms with Crippen LogP contribution in [0.1, 0.15) is 38.5 Å². The molecule has 5 amide bonds. The van der Waals surface area contributed by atoms with Crippen molar-refractivity contribution in [3.8, 4) is 0 Å². The zero-order valence-electron chi connectivity index (χ0n) is 18.1. The lowest BCUT2D eigenvalue weighted by atomic mass is 10.1. The first kappa shape index (κ1) is 29.7. The predicted octanol–water partition coefficient (Wildman–Crippen LogP) is -4.89. The van der Waals surface area contributed by atoms with Gasteiger partial charge >= 0.3 is 5.97 Å². The standard InChI is InChI=1S/C18H33N7O8/c19-6-2-1-3-9(20)15(29)23-10(4-5-13(21)27)16(30)24-11(7-14(22)28)17(31)25-12(8-26)18(32)33/h9-12,26H,1-8,19-20H2,(H2,21,27)(H2,22,28)(H,23,29)(H,24,30)(H,25,31)(H,32,33). The molecule has 0 aromatic rings. The van der Waals surface area contributed by atoms with Gasteiger partial charge in [0.2, 0.25) is 29.5 Å². The van der Waals surface area contributed by atoms with Gasteiger partial charge in [0.15, 0.2) is 0 Å². The Kier molecular flexibility index (Phi) is 13.9. The van der Waals surface area contributed by atoms with Gasteiger partial charge in [-0.15, -0.1) is 0 Å². The Morgan fingerprint density at radius 3 is 1.79 bits per heavy atom.